The first kappa shape index (κ1) is 14.9. The summed E-state index contributed by atoms with van der Waals surface area (Å²) in [7, 11) is 0. The van der Waals surface area contributed by atoms with Gasteiger partial charge < -0.3 is 11.1 Å². The van der Waals surface area contributed by atoms with Gasteiger partial charge in [-0.3, -0.25) is 4.79 Å². The molecule has 1 aromatic carbocycles. The van der Waals surface area contributed by atoms with Crippen molar-refractivity contribution in [2.75, 3.05) is 5.32 Å². The first-order chi connectivity index (χ1) is 8.89. The van der Waals surface area contributed by atoms with Crippen LogP contribution in [0.2, 0.25) is 15.1 Å². The van der Waals surface area contributed by atoms with Crippen molar-refractivity contribution in [1.29, 1.82) is 0 Å². The van der Waals surface area contributed by atoms with Gasteiger partial charge in [0.25, 0.3) is 0 Å². The van der Waals surface area contributed by atoms with Crippen LogP contribution in [0.15, 0.2) is 12.1 Å². The van der Waals surface area contributed by atoms with Crippen LogP contribution in [0.5, 0.6) is 0 Å². The maximum Gasteiger partial charge on any atom is 0.226 e. The highest BCUT2D eigenvalue weighted by Gasteiger charge is 2.31. The fraction of sp³-hybridized carbons (Fsp3) is 0.462. The molecule has 104 valence electrons. The van der Waals surface area contributed by atoms with Gasteiger partial charge in [0.2, 0.25) is 5.91 Å². The molecule has 0 bridgehead atoms. The molecule has 3 nitrogen and oxygen atoms in total. The number of nitrogens with one attached hydrogen (secondary N) is 1. The number of rotatable bonds is 3. The average Bonchev–Trinajstić information content (AvgIpc) is 2.72. The molecule has 1 aromatic rings. The molecular weight excluding hydrogens is 307 g/mol. The second-order valence-corrected chi connectivity index (χ2v) is 6.26. The molecule has 0 saturated heterocycles. The molecule has 0 aliphatic heterocycles. The van der Waals surface area contributed by atoms with E-state index in [1.54, 1.807) is 6.07 Å². The van der Waals surface area contributed by atoms with Crippen molar-refractivity contribution in [2.24, 2.45) is 5.73 Å². The van der Waals surface area contributed by atoms with Crippen LogP contribution in [0.3, 0.4) is 0 Å². The standard InChI is InChI=1S/C13H15Cl3N2O/c14-8-5-10(16)11(6-9(8)15)18-12(19)7-13(17)3-1-2-4-13/h5-6H,1-4,7,17H2,(H,18,19). The Hall–Kier alpha value is -0.480. The Kier molecular flexibility index (Phi) is 4.62. The topological polar surface area (TPSA) is 55.1 Å². The van der Waals surface area contributed by atoms with E-state index >= 15 is 0 Å². The van der Waals surface area contributed by atoms with Crippen molar-refractivity contribution in [3.63, 3.8) is 0 Å². The smallest absolute Gasteiger partial charge is 0.226 e. The lowest BCUT2D eigenvalue weighted by Crippen LogP contribution is -2.40. The Balaban J connectivity index is 2.05. The normalized spacial score (nSPS) is 17.5. The number of halogens is 3. The molecule has 2 rings (SSSR count). The van der Waals surface area contributed by atoms with Gasteiger partial charge in [0.1, 0.15) is 0 Å². The number of carbonyl (C=O) groups excluding carboxylic acids is 1. The predicted molar refractivity (Wildman–Crippen MR) is 80.1 cm³/mol. The predicted octanol–water partition coefficient (Wildman–Crippen LogP) is 4.25. The van der Waals surface area contributed by atoms with E-state index in [1.165, 1.54) is 6.07 Å². The number of nitrogens with two attached hydrogens (primary N) is 1. The Morgan fingerprint density at radius 2 is 1.74 bits per heavy atom. The van der Waals surface area contributed by atoms with E-state index in [0.29, 0.717) is 27.2 Å². The van der Waals surface area contributed by atoms with Gasteiger partial charge in [-0.15, -0.1) is 0 Å². The molecule has 0 unspecified atom stereocenters. The first-order valence-corrected chi connectivity index (χ1v) is 7.26. The molecule has 0 atom stereocenters. The summed E-state index contributed by atoms with van der Waals surface area (Å²) in [6.45, 7) is 0. The SMILES string of the molecule is NC1(CC(=O)Nc2cc(Cl)c(Cl)cc2Cl)CCCC1. The highest BCUT2D eigenvalue weighted by atomic mass is 35.5. The van der Waals surface area contributed by atoms with E-state index in [0.717, 1.165) is 25.7 Å². The van der Waals surface area contributed by atoms with Crippen molar-refractivity contribution in [3.8, 4) is 0 Å². The number of amides is 1. The van der Waals surface area contributed by atoms with Gasteiger partial charge in [0.05, 0.1) is 20.8 Å². The summed E-state index contributed by atoms with van der Waals surface area (Å²) in [5.41, 5.74) is 6.24. The van der Waals surface area contributed by atoms with Crippen LogP contribution >= 0.6 is 34.8 Å². The summed E-state index contributed by atoms with van der Waals surface area (Å²) < 4.78 is 0. The second kappa shape index (κ2) is 5.88. The van der Waals surface area contributed by atoms with E-state index in [2.05, 4.69) is 5.32 Å². The monoisotopic (exact) mass is 320 g/mol. The summed E-state index contributed by atoms with van der Waals surface area (Å²) >= 11 is 17.7. The lowest BCUT2D eigenvalue weighted by atomic mass is 9.94. The van der Waals surface area contributed by atoms with Gasteiger partial charge >= 0.3 is 0 Å². The van der Waals surface area contributed by atoms with E-state index in [4.69, 9.17) is 40.5 Å². The number of hydrogen-bond acceptors (Lipinski definition) is 2. The Morgan fingerprint density at radius 3 is 2.37 bits per heavy atom. The molecule has 1 saturated carbocycles. The molecule has 1 aliphatic carbocycles. The van der Waals surface area contributed by atoms with Crippen molar-refractivity contribution in [3.05, 3.63) is 27.2 Å². The first-order valence-electron chi connectivity index (χ1n) is 6.13. The lowest BCUT2D eigenvalue weighted by Gasteiger charge is -2.22. The van der Waals surface area contributed by atoms with Gasteiger partial charge in [0.15, 0.2) is 0 Å². The van der Waals surface area contributed by atoms with Crippen LogP contribution < -0.4 is 11.1 Å². The summed E-state index contributed by atoms with van der Waals surface area (Å²) in [5, 5.41) is 3.81. The van der Waals surface area contributed by atoms with Crippen LogP contribution in [0.4, 0.5) is 5.69 Å². The molecule has 1 amide bonds. The van der Waals surface area contributed by atoms with Gasteiger partial charge in [-0.05, 0) is 25.0 Å². The minimum absolute atomic E-state index is 0.148. The quantitative estimate of drug-likeness (QED) is 0.818. The zero-order valence-electron chi connectivity index (χ0n) is 10.3. The molecule has 3 N–H and O–H groups in total. The fourth-order valence-electron chi connectivity index (χ4n) is 2.39. The number of carbonyl (C=O) groups is 1. The van der Waals surface area contributed by atoms with E-state index in [1.807, 2.05) is 0 Å². The highest BCUT2D eigenvalue weighted by molar-refractivity contribution is 6.44. The molecule has 0 radical (unpaired) electrons. The highest BCUT2D eigenvalue weighted by Crippen LogP contribution is 2.34. The molecule has 0 heterocycles. The summed E-state index contributed by atoms with van der Waals surface area (Å²) in [5.74, 6) is -0.148. The average molecular weight is 322 g/mol. The summed E-state index contributed by atoms with van der Waals surface area (Å²) in [6, 6.07) is 3.05. The van der Waals surface area contributed by atoms with Crippen LogP contribution in [0, 0.1) is 0 Å². The second-order valence-electron chi connectivity index (χ2n) is 5.04. The van der Waals surface area contributed by atoms with Crippen LogP contribution in [0.25, 0.3) is 0 Å². The zero-order valence-corrected chi connectivity index (χ0v) is 12.6. The minimum atomic E-state index is -0.382. The van der Waals surface area contributed by atoms with Gasteiger partial charge in [-0.1, -0.05) is 47.6 Å². The molecular formula is C13H15Cl3N2O. The van der Waals surface area contributed by atoms with Crippen molar-refractivity contribution in [2.45, 2.75) is 37.6 Å². The van der Waals surface area contributed by atoms with Crippen LogP contribution in [-0.4, -0.2) is 11.4 Å². The third-order valence-electron chi connectivity index (χ3n) is 3.40. The number of benzene rings is 1. The van der Waals surface area contributed by atoms with Crippen molar-refractivity contribution in [1.82, 2.24) is 0 Å². The van der Waals surface area contributed by atoms with E-state index in [-0.39, 0.29) is 11.4 Å². The van der Waals surface area contributed by atoms with Crippen molar-refractivity contribution < 1.29 is 4.79 Å². The minimum Gasteiger partial charge on any atom is -0.325 e. The molecule has 0 aromatic heterocycles. The molecule has 19 heavy (non-hydrogen) atoms. The summed E-state index contributed by atoms with van der Waals surface area (Å²) in [4.78, 5) is 12.0. The van der Waals surface area contributed by atoms with E-state index in [9.17, 15) is 4.79 Å². The third-order valence-corrected chi connectivity index (χ3v) is 4.43. The molecule has 0 spiro atoms. The zero-order chi connectivity index (χ0) is 14.0. The number of anilines is 1. The van der Waals surface area contributed by atoms with Crippen LogP contribution in [0.1, 0.15) is 32.1 Å². The Morgan fingerprint density at radius 1 is 1.16 bits per heavy atom. The Labute approximate surface area is 127 Å². The lowest BCUT2D eigenvalue weighted by molar-refractivity contribution is -0.117. The molecule has 1 fully saturated rings. The van der Waals surface area contributed by atoms with Crippen molar-refractivity contribution >= 4 is 46.4 Å². The molecule has 1 aliphatic rings. The number of hydrogen-bond donors (Lipinski definition) is 2. The van der Waals surface area contributed by atoms with Crippen LogP contribution in [-0.2, 0) is 4.79 Å². The van der Waals surface area contributed by atoms with Gasteiger partial charge in [0, 0.05) is 12.0 Å². The third kappa shape index (κ3) is 3.76. The fourth-order valence-corrected chi connectivity index (χ4v) is 2.98. The van der Waals surface area contributed by atoms with Gasteiger partial charge in [-0.25, -0.2) is 0 Å². The largest absolute Gasteiger partial charge is 0.325 e. The summed E-state index contributed by atoms with van der Waals surface area (Å²) in [6.07, 6.45) is 4.23. The van der Waals surface area contributed by atoms with E-state index < -0.39 is 0 Å². The maximum atomic E-state index is 12.0. The Bertz CT molecular complexity index is 499. The molecule has 6 heteroatoms. The van der Waals surface area contributed by atoms with Gasteiger partial charge in [-0.2, -0.15) is 0 Å². The maximum absolute atomic E-state index is 12.0.